The van der Waals surface area contributed by atoms with Crippen LogP contribution in [0.15, 0.2) is 11.6 Å². The topological polar surface area (TPSA) is 49.4 Å². The smallest absolute Gasteiger partial charge is 0.245 e. The lowest BCUT2D eigenvalue weighted by molar-refractivity contribution is -0.144. The molecule has 4 nitrogen and oxygen atoms in total. The Balaban J connectivity index is 1.57. The van der Waals surface area contributed by atoms with E-state index in [9.17, 15) is 9.59 Å². The lowest BCUT2D eigenvalue weighted by atomic mass is 9.97. The van der Waals surface area contributed by atoms with E-state index in [1.165, 1.54) is 31.3 Å². The minimum absolute atomic E-state index is 0.00845. The van der Waals surface area contributed by atoms with E-state index in [-0.39, 0.29) is 24.4 Å². The molecule has 1 atom stereocenters. The van der Waals surface area contributed by atoms with E-state index < -0.39 is 0 Å². The summed E-state index contributed by atoms with van der Waals surface area (Å²) in [5, 5.41) is 2.85. The number of rotatable bonds is 4. The number of nitrogens with zero attached hydrogens (tertiary/aromatic N) is 1. The van der Waals surface area contributed by atoms with Crippen LogP contribution in [0.1, 0.15) is 44.9 Å². The van der Waals surface area contributed by atoms with Crippen LogP contribution in [0.3, 0.4) is 0 Å². The SMILES string of the molecule is O=C1CN(CCC2=CCCCC2)C(=O)C(C2CC2)N1. The molecule has 0 bridgehead atoms. The minimum atomic E-state index is -0.235. The van der Waals surface area contributed by atoms with Gasteiger partial charge in [0.1, 0.15) is 6.04 Å². The molecule has 0 aromatic heterocycles. The predicted molar refractivity (Wildman–Crippen MR) is 72.4 cm³/mol. The van der Waals surface area contributed by atoms with Crippen molar-refractivity contribution in [3.63, 3.8) is 0 Å². The summed E-state index contributed by atoms with van der Waals surface area (Å²) in [4.78, 5) is 25.8. The van der Waals surface area contributed by atoms with Crippen molar-refractivity contribution in [2.24, 2.45) is 5.92 Å². The van der Waals surface area contributed by atoms with Crippen molar-refractivity contribution in [3.05, 3.63) is 11.6 Å². The van der Waals surface area contributed by atoms with E-state index in [2.05, 4.69) is 11.4 Å². The van der Waals surface area contributed by atoms with Crippen LogP contribution in [-0.4, -0.2) is 35.8 Å². The van der Waals surface area contributed by atoms with Gasteiger partial charge in [-0.05, 0) is 50.9 Å². The Hall–Kier alpha value is -1.32. The largest absolute Gasteiger partial charge is 0.342 e. The highest BCUT2D eigenvalue weighted by atomic mass is 16.2. The average molecular weight is 262 g/mol. The fourth-order valence-corrected chi connectivity index (χ4v) is 3.08. The highest BCUT2D eigenvalue weighted by Gasteiger charge is 2.42. The first-order valence-electron chi connectivity index (χ1n) is 7.50. The third kappa shape index (κ3) is 2.99. The molecule has 3 aliphatic rings. The van der Waals surface area contributed by atoms with Crippen LogP contribution in [0, 0.1) is 5.92 Å². The second kappa shape index (κ2) is 5.35. The van der Waals surface area contributed by atoms with Crippen LogP contribution >= 0.6 is 0 Å². The van der Waals surface area contributed by atoms with Gasteiger partial charge in [-0.1, -0.05) is 11.6 Å². The average Bonchev–Trinajstić information content (AvgIpc) is 3.25. The van der Waals surface area contributed by atoms with Gasteiger partial charge in [0.05, 0.1) is 6.54 Å². The summed E-state index contributed by atoms with van der Waals surface area (Å²) in [5.74, 6) is 0.542. The Kier molecular flexibility index (Phi) is 3.58. The number of carbonyl (C=O) groups excluding carboxylic acids is 2. The Morgan fingerprint density at radius 3 is 2.79 bits per heavy atom. The van der Waals surface area contributed by atoms with Gasteiger partial charge in [-0.15, -0.1) is 0 Å². The number of hydrogen-bond acceptors (Lipinski definition) is 2. The van der Waals surface area contributed by atoms with E-state index in [1.807, 2.05) is 0 Å². The molecule has 2 fully saturated rings. The molecule has 1 saturated carbocycles. The fourth-order valence-electron chi connectivity index (χ4n) is 3.08. The van der Waals surface area contributed by atoms with Crippen molar-refractivity contribution in [1.29, 1.82) is 0 Å². The van der Waals surface area contributed by atoms with Crippen molar-refractivity contribution in [1.82, 2.24) is 10.2 Å². The number of piperazine rings is 1. The Morgan fingerprint density at radius 1 is 1.26 bits per heavy atom. The number of nitrogens with one attached hydrogen (secondary N) is 1. The van der Waals surface area contributed by atoms with Crippen molar-refractivity contribution in [3.8, 4) is 0 Å². The molecule has 1 N–H and O–H groups in total. The minimum Gasteiger partial charge on any atom is -0.342 e. The molecule has 1 saturated heterocycles. The van der Waals surface area contributed by atoms with Gasteiger partial charge in [0, 0.05) is 6.54 Å². The van der Waals surface area contributed by atoms with Crippen LogP contribution < -0.4 is 5.32 Å². The molecule has 1 unspecified atom stereocenters. The summed E-state index contributed by atoms with van der Waals surface area (Å²) < 4.78 is 0. The summed E-state index contributed by atoms with van der Waals surface area (Å²) in [5.41, 5.74) is 1.47. The van der Waals surface area contributed by atoms with Gasteiger partial charge >= 0.3 is 0 Å². The van der Waals surface area contributed by atoms with Crippen LogP contribution in [0.25, 0.3) is 0 Å². The van der Waals surface area contributed by atoms with Crippen LogP contribution in [-0.2, 0) is 9.59 Å². The molecule has 19 heavy (non-hydrogen) atoms. The molecule has 4 heteroatoms. The molecule has 0 aromatic rings. The standard InChI is InChI=1S/C15H22N2O2/c18-13-10-17(9-8-11-4-2-1-3-5-11)15(19)14(16-13)12-6-7-12/h4,12,14H,1-3,5-10H2,(H,16,18). The fraction of sp³-hybridized carbons (Fsp3) is 0.733. The summed E-state index contributed by atoms with van der Waals surface area (Å²) in [7, 11) is 0. The number of hydrogen-bond donors (Lipinski definition) is 1. The van der Waals surface area contributed by atoms with Gasteiger partial charge in [-0.3, -0.25) is 9.59 Å². The van der Waals surface area contributed by atoms with Gasteiger partial charge < -0.3 is 10.2 Å². The van der Waals surface area contributed by atoms with Crippen molar-refractivity contribution in [2.75, 3.05) is 13.1 Å². The maximum Gasteiger partial charge on any atom is 0.245 e. The maximum absolute atomic E-state index is 12.3. The van der Waals surface area contributed by atoms with Crippen molar-refractivity contribution < 1.29 is 9.59 Å². The van der Waals surface area contributed by atoms with Gasteiger partial charge in [-0.25, -0.2) is 0 Å². The molecule has 2 amide bonds. The summed E-state index contributed by atoms with van der Waals surface area (Å²) in [6, 6.07) is -0.235. The number of allylic oxidation sites excluding steroid dienone is 1. The van der Waals surface area contributed by atoms with E-state index >= 15 is 0 Å². The van der Waals surface area contributed by atoms with Crippen molar-refractivity contribution in [2.45, 2.75) is 51.0 Å². The van der Waals surface area contributed by atoms with E-state index in [1.54, 1.807) is 4.90 Å². The summed E-state index contributed by atoms with van der Waals surface area (Å²) in [6.45, 7) is 0.955. The zero-order valence-corrected chi connectivity index (χ0v) is 11.4. The number of amides is 2. The van der Waals surface area contributed by atoms with Crippen LogP contribution in [0.4, 0.5) is 0 Å². The first kappa shape index (κ1) is 12.7. The lowest BCUT2D eigenvalue weighted by Crippen LogP contribution is -2.59. The second-order valence-electron chi connectivity index (χ2n) is 6.00. The first-order chi connectivity index (χ1) is 9.24. The molecule has 0 aromatic carbocycles. The van der Waals surface area contributed by atoms with Gasteiger partial charge in [0.25, 0.3) is 0 Å². The highest BCUT2D eigenvalue weighted by molar-refractivity contribution is 5.95. The molecule has 1 heterocycles. The molecule has 2 aliphatic carbocycles. The van der Waals surface area contributed by atoms with Crippen LogP contribution in [0.2, 0.25) is 0 Å². The molecule has 0 radical (unpaired) electrons. The number of carbonyl (C=O) groups is 2. The van der Waals surface area contributed by atoms with Gasteiger partial charge in [-0.2, -0.15) is 0 Å². The predicted octanol–water partition coefficient (Wildman–Crippen LogP) is 1.61. The quantitative estimate of drug-likeness (QED) is 0.783. The molecular formula is C15H22N2O2. The first-order valence-corrected chi connectivity index (χ1v) is 7.50. The Labute approximate surface area is 114 Å². The molecule has 1 aliphatic heterocycles. The molecule has 0 spiro atoms. The summed E-state index contributed by atoms with van der Waals surface area (Å²) >= 11 is 0. The maximum atomic E-state index is 12.3. The molecular weight excluding hydrogens is 240 g/mol. The molecule has 104 valence electrons. The zero-order chi connectivity index (χ0) is 13.2. The van der Waals surface area contributed by atoms with Crippen LogP contribution in [0.5, 0.6) is 0 Å². The monoisotopic (exact) mass is 262 g/mol. The highest BCUT2D eigenvalue weighted by Crippen LogP contribution is 2.34. The van der Waals surface area contributed by atoms with Crippen molar-refractivity contribution >= 4 is 11.8 Å². The third-order valence-electron chi connectivity index (χ3n) is 4.41. The summed E-state index contributed by atoms with van der Waals surface area (Å²) in [6.07, 6.45) is 10.3. The normalized spacial score (nSPS) is 28.1. The van der Waals surface area contributed by atoms with E-state index in [0.29, 0.717) is 12.5 Å². The van der Waals surface area contributed by atoms with Gasteiger partial charge in [0.15, 0.2) is 0 Å². The zero-order valence-electron chi connectivity index (χ0n) is 11.4. The van der Waals surface area contributed by atoms with E-state index in [4.69, 9.17) is 0 Å². The second-order valence-corrected chi connectivity index (χ2v) is 6.00. The Morgan fingerprint density at radius 2 is 2.11 bits per heavy atom. The lowest BCUT2D eigenvalue weighted by Gasteiger charge is -2.33. The van der Waals surface area contributed by atoms with Gasteiger partial charge in [0.2, 0.25) is 11.8 Å². The Bertz CT molecular complexity index is 412. The third-order valence-corrected chi connectivity index (χ3v) is 4.41. The van der Waals surface area contributed by atoms with E-state index in [0.717, 1.165) is 19.3 Å². The molecule has 3 rings (SSSR count).